The van der Waals surface area contributed by atoms with Gasteiger partial charge in [0.05, 0.1) is 12.7 Å². The molecule has 0 aromatic carbocycles. The molecular weight excluding hydrogens is 304 g/mol. The van der Waals surface area contributed by atoms with Crippen LogP contribution in [0.15, 0.2) is 11.6 Å². The predicted octanol–water partition coefficient (Wildman–Crippen LogP) is 2.62. The molecule has 3 fully saturated rings. The third-order valence-corrected chi connectivity index (χ3v) is 8.57. The number of carbonyl (C=O) groups is 1. The van der Waals surface area contributed by atoms with Crippen LogP contribution in [0.1, 0.15) is 59.8 Å². The standard InChI is InChI=1S/C20H30O4/c1-12-9-14(22)16-20(24-16)18(12,3)6-5-13-10-17(2,15(23)11-21)7-8-19(13,20)4/h9,13,15-16,21,23H,5-8,10-11H2,1-4H3/t13-,15+,16-,17-,18+,19-,20-/m0/s1. The average Bonchev–Trinajstić information content (AvgIpc) is 3.31. The maximum Gasteiger partial charge on any atom is 0.187 e. The lowest BCUT2D eigenvalue weighted by molar-refractivity contribution is -0.140. The first-order valence-corrected chi connectivity index (χ1v) is 9.34. The van der Waals surface area contributed by atoms with Crippen LogP contribution < -0.4 is 0 Å². The van der Waals surface area contributed by atoms with Gasteiger partial charge in [-0.05, 0) is 56.4 Å². The number of carbonyl (C=O) groups excluding carboxylic acids is 1. The molecule has 4 heteroatoms. The van der Waals surface area contributed by atoms with Crippen LogP contribution in [-0.4, -0.2) is 40.4 Å². The van der Waals surface area contributed by atoms with Gasteiger partial charge in [0.15, 0.2) is 11.9 Å². The van der Waals surface area contributed by atoms with E-state index in [1.807, 2.05) is 6.08 Å². The van der Waals surface area contributed by atoms with Crippen molar-refractivity contribution in [3.05, 3.63) is 11.6 Å². The molecule has 0 amide bonds. The molecular formula is C20H30O4. The Morgan fingerprint density at radius 2 is 2.00 bits per heavy atom. The Kier molecular flexibility index (Phi) is 3.29. The highest BCUT2D eigenvalue weighted by Crippen LogP contribution is 2.75. The van der Waals surface area contributed by atoms with E-state index in [1.54, 1.807) is 0 Å². The van der Waals surface area contributed by atoms with Crippen molar-refractivity contribution in [3.8, 4) is 0 Å². The van der Waals surface area contributed by atoms with E-state index in [9.17, 15) is 15.0 Å². The Hall–Kier alpha value is -0.710. The number of ketones is 1. The molecule has 134 valence electrons. The second-order valence-corrected chi connectivity index (χ2v) is 9.50. The second kappa shape index (κ2) is 4.72. The van der Waals surface area contributed by atoms with E-state index in [1.165, 1.54) is 5.57 Å². The molecule has 1 aliphatic heterocycles. The molecule has 0 unspecified atom stereocenters. The Morgan fingerprint density at radius 1 is 1.29 bits per heavy atom. The van der Waals surface area contributed by atoms with Crippen molar-refractivity contribution in [2.24, 2.45) is 22.2 Å². The molecule has 4 nitrogen and oxygen atoms in total. The van der Waals surface area contributed by atoms with E-state index in [4.69, 9.17) is 4.74 Å². The van der Waals surface area contributed by atoms with Crippen LogP contribution in [0.2, 0.25) is 0 Å². The molecule has 4 rings (SSSR count). The van der Waals surface area contributed by atoms with Crippen molar-refractivity contribution in [1.82, 2.24) is 0 Å². The third kappa shape index (κ3) is 1.68. The molecule has 1 heterocycles. The lowest BCUT2D eigenvalue weighted by atomic mass is 9.42. The summed E-state index contributed by atoms with van der Waals surface area (Å²) in [5, 5.41) is 19.8. The van der Waals surface area contributed by atoms with Crippen molar-refractivity contribution >= 4 is 5.78 Å². The first-order valence-electron chi connectivity index (χ1n) is 9.34. The van der Waals surface area contributed by atoms with Crippen molar-refractivity contribution in [2.45, 2.75) is 77.6 Å². The van der Waals surface area contributed by atoms with E-state index in [2.05, 4.69) is 27.7 Å². The molecule has 2 N–H and O–H groups in total. The number of epoxide rings is 1. The fourth-order valence-corrected chi connectivity index (χ4v) is 6.55. The first-order chi connectivity index (χ1) is 11.1. The molecule has 4 aliphatic rings. The van der Waals surface area contributed by atoms with Gasteiger partial charge in [-0.15, -0.1) is 0 Å². The minimum atomic E-state index is -0.668. The topological polar surface area (TPSA) is 70.1 Å². The highest BCUT2D eigenvalue weighted by atomic mass is 16.6. The maximum atomic E-state index is 12.5. The summed E-state index contributed by atoms with van der Waals surface area (Å²) < 4.78 is 6.27. The number of ether oxygens (including phenoxy) is 1. The van der Waals surface area contributed by atoms with Gasteiger partial charge in [0.1, 0.15) is 5.60 Å². The Bertz CT molecular complexity index is 627. The van der Waals surface area contributed by atoms with Gasteiger partial charge in [0.2, 0.25) is 0 Å². The summed E-state index contributed by atoms with van der Waals surface area (Å²) in [6.07, 6.45) is 5.70. The SMILES string of the molecule is CC1=CC(=O)[C@@H]2O[C@@]23[C@@]2(C)CC[C@](C)([C@H](O)CO)C[C@@H]2CC[C@]13C. The lowest BCUT2D eigenvalue weighted by Gasteiger charge is -2.61. The van der Waals surface area contributed by atoms with Gasteiger partial charge in [0, 0.05) is 10.8 Å². The number of hydrogen-bond acceptors (Lipinski definition) is 4. The average molecular weight is 334 g/mol. The molecule has 7 atom stereocenters. The summed E-state index contributed by atoms with van der Waals surface area (Å²) in [5.74, 6) is 0.560. The molecule has 24 heavy (non-hydrogen) atoms. The van der Waals surface area contributed by atoms with Crippen molar-refractivity contribution < 1.29 is 19.7 Å². The fourth-order valence-electron chi connectivity index (χ4n) is 6.55. The predicted molar refractivity (Wildman–Crippen MR) is 90.4 cm³/mol. The van der Waals surface area contributed by atoms with Crippen LogP contribution in [0.5, 0.6) is 0 Å². The van der Waals surface area contributed by atoms with Crippen LogP contribution in [0.3, 0.4) is 0 Å². The van der Waals surface area contributed by atoms with Crippen LogP contribution in [-0.2, 0) is 9.53 Å². The largest absolute Gasteiger partial charge is 0.394 e. The highest BCUT2D eigenvalue weighted by Gasteiger charge is 2.81. The van der Waals surface area contributed by atoms with Crippen LogP contribution in [0.4, 0.5) is 0 Å². The number of aliphatic hydroxyl groups excluding tert-OH is 2. The Morgan fingerprint density at radius 3 is 2.67 bits per heavy atom. The van der Waals surface area contributed by atoms with E-state index in [0.717, 1.165) is 32.1 Å². The van der Waals surface area contributed by atoms with Crippen LogP contribution in [0.25, 0.3) is 0 Å². The van der Waals surface area contributed by atoms with Gasteiger partial charge in [-0.2, -0.15) is 0 Å². The third-order valence-electron chi connectivity index (χ3n) is 8.57. The maximum absolute atomic E-state index is 12.5. The zero-order valence-electron chi connectivity index (χ0n) is 15.3. The van der Waals surface area contributed by atoms with E-state index in [-0.39, 0.29) is 40.3 Å². The van der Waals surface area contributed by atoms with E-state index in [0.29, 0.717) is 5.92 Å². The van der Waals surface area contributed by atoms with Crippen molar-refractivity contribution in [2.75, 3.05) is 6.61 Å². The van der Waals surface area contributed by atoms with Crippen molar-refractivity contribution in [1.29, 1.82) is 0 Å². The first kappa shape index (κ1) is 16.7. The number of aliphatic hydroxyl groups is 2. The molecule has 0 radical (unpaired) electrons. The smallest absolute Gasteiger partial charge is 0.187 e. The molecule has 1 saturated heterocycles. The molecule has 1 spiro atoms. The van der Waals surface area contributed by atoms with Gasteiger partial charge in [-0.25, -0.2) is 0 Å². The minimum absolute atomic E-state index is 0.0372. The van der Waals surface area contributed by atoms with Crippen molar-refractivity contribution in [3.63, 3.8) is 0 Å². The highest BCUT2D eigenvalue weighted by molar-refractivity contribution is 5.99. The van der Waals surface area contributed by atoms with Crippen LogP contribution in [0, 0.1) is 22.2 Å². The zero-order chi connectivity index (χ0) is 17.5. The number of rotatable bonds is 2. The molecule has 2 saturated carbocycles. The van der Waals surface area contributed by atoms with Gasteiger partial charge < -0.3 is 14.9 Å². The van der Waals surface area contributed by atoms with Gasteiger partial charge >= 0.3 is 0 Å². The lowest BCUT2D eigenvalue weighted by Crippen LogP contribution is -2.62. The Balaban J connectivity index is 1.73. The summed E-state index contributed by atoms with van der Waals surface area (Å²) in [4.78, 5) is 12.5. The summed E-state index contributed by atoms with van der Waals surface area (Å²) in [7, 11) is 0. The number of hydrogen-bond donors (Lipinski definition) is 2. The zero-order valence-corrected chi connectivity index (χ0v) is 15.3. The monoisotopic (exact) mass is 334 g/mol. The van der Waals surface area contributed by atoms with Gasteiger partial charge in [0.25, 0.3) is 0 Å². The second-order valence-electron chi connectivity index (χ2n) is 9.50. The quantitative estimate of drug-likeness (QED) is 0.762. The fraction of sp³-hybridized carbons (Fsp3) is 0.850. The summed E-state index contributed by atoms with van der Waals surface area (Å²) >= 11 is 0. The van der Waals surface area contributed by atoms with E-state index >= 15 is 0 Å². The summed E-state index contributed by atoms with van der Waals surface area (Å²) in [5.41, 5.74) is 0.483. The molecule has 3 aliphatic carbocycles. The molecule has 0 bridgehead atoms. The molecule has 0 aromatic heterocycles. The van der Waals surface area contributed by atoms with Gasteiger partial charge in [-0.3, -0.25) is 4.79 Å². The molecule has 0 aromatic rings. The summed E-state index contributed by atoms with van der Waals surface area (Å²) in [6, 6.07) is 0. The van der Waals surface area contributed by atoms with Gasteiger partial charge in [-0.1, -0.05) is 26.3 Å². The normalized spacial score (nSPS) is 54.2. The van der Waals surface area contributed by atoms with E-state index < -0.39 is 6.10 Å². The Labute approximate surface area is 144 Å². The minimum Gasteiger partial charge on any atom is -0.394 e. The van der Waals surface area contributed by atoms with Crippen LogP contribution >= 0.6 is 0 Å². The number of fused-ring (bicyclic) bond motifs is 1. The summed E-state index contributed by atoms with van der Waals surface area (Å²) in [6.45, 7) is 8.60.